The topological polar surface area (TPSA) is 9.86 Å². The third kappa shape index (κ3) is 5.15. The van der Waals surface area contributed by atoms with E-state index in [9.17, 15) is 0 Å². The van der Waals surface area contributed by atoms with Gasteiger partial charge in [-0.25, -0.2) is 0 Å². The van der Waals surface area contributed by atoms with E-state index in [1.807, 2.05) is 0 Å². The Hall–Kier alpha value is -3.36. The number of fused-ring (bicyclic) bond motifs is 4. The molecule has 0 fully saturated rings. The van der Waals surface area contributed by atoms with Gasteiger partial charge >= 0.3 is 37.9 Å². The number of hydrogen-bond donors (Lipinski definition) is 0. The normalized spacial score (nSPS) is 10.7. The van der Waals surface area contributed by atoms with Crippen LogP contribution in [0.25, 0.3) is 54.7 Å². The van der Waals surface area contributed by atoms with Crippen molar-refractivity contribution in [2.75, 3.05) is 0 Å². The minimum absolute atomic E-state index is 0.826. The maximum atomic E-state index is 4.93. The monoisotopic (exact) mass is 620 g/mol. The summed E-state index contributed by atoms with van der Waals surface area (Å²) in [6, 6.07) is 47.1. The molecule has 0 saturated carbocycles. The molecule has 2 aromatic heterocycles. The molecule has 0 atom stereocenters. The summed E-state index contributed by atoms with van der Waals surface area (Å²) in [4.78, 5) is 0. The molecule has 2 heterocycles. The molecule has 8 aromatic rings. The van der Waals surface area contributed by atoms with Gasteiger partial charge in [0.1, 0.15) is 0 Å². The Morgan fingerprint density at radius 1 is 0.487 bits per heavy atom. The molecule has 8 rings (SSSR count). The molecule has 0 aliphatic carbocycles. The first-order chi connectivity index (χ1) is 19.3. The fourth-order valence-electron chi connectivity index (χ4n) is 5.30. The molecule has 0 radical (unpaired) electrons. The van der Waals surface area contributed by atoms with Crippen molar-refractivity contribution in [2.45, 2.75) is 0 Å². The van der Waals surface area contributed by atoms with Crippen molar-refractivity contribution in [3.63, 3.8) is 0 Å². The van der Waals surface area contributed by atoms with Crippen LogP contribution in [0, 0.1) is 0 Å². The van der Waals surface area contributed by atoms with Gasteiger partial charge in [-0.1, -0.05) is 48.5 Å². The van der Waals surface area contributed by atoms with Crippen LogP contribution in [0.15, 0.2) is 146 Å². The van der Waals surface area contributed by atoms with Gasteiger partial charge in [0.05, 0.1) is 11.0 Å². The summed E-state index contributed by atoms with van der Waals surface area (Å²) < 4.78 is 4.52. The van der Waals surface area contributed by atoms with Gasteiger partial charge in [-0.3, -0.25) is 0 Å². The van der Waals surface area contributed by atoms with E-state index >= 15 is 0 Å². The van der Waals surface area contributed by atoms with Gasteiger partial charge in [-0.2, -0.15) is 24.3 Å². The summed E-state index contributed by atoms with van der Waals surface area (Å²) in [5.41, 5.74) is 5.01. The van der Waals surface area contributed by atoms with Crippen molar-refractivity contribution in [1.82, 2.24) is 9.13 Å². The number of nitrogens with zero attached hydrogens (tertiary/aromatic N) is 2. The summed E-state index contributed by atoms with van der Waals surface area (Å²) in [5, 5.41) is 7.76. The second-order valence-electron chi connectivity index (χ2n) is 9.17. The maximum absolute atomic E-state index is 4.93. The predicted molar refractivity (Wildman–Crippen MR) is 164 cm³/mol. The van der Waals surface area contributed by atoms with Gasteiger partial charge < -0.3 is 9.13 Å². The van der Waals surface area contributed by atoms with Gasteiger partial charge in [0, 0.05) is 23.8 Å². The van der Waals surface area contributed by atoms with Gasteiger partial charge in [-0.05, 0) is 35.0 Å². The Labute approximate surface area is 246 Å². The Balaban J connectivity index is 0.000000129. The second-order valence-corrected chi connectivity index (χ2v) is 12.9. The van der Waals surface area contributed by atoms with Crippen LogP contribution < -0.4 is 0 Å². The zero-order valence-corrected chi connectivity index (χ0v) is 25.0. The fraction of sp³-hybridized carbons (Fsp3) is 0. The molecular weight excluding hydrogens is 599 g/mol. The molecule has 188 valence electrons. The molecule has 0 spiro atoms. The number of hydrogen-bond acceptors (Lipinski definition) is 0. The molecule has 2 nitrogen and oxygen atoms in total. The summed E-state index contributed by atoms with van der Waals surface area (Å²) in [7, 11) is 9.87. The van der Waals surface area contributed by atoms with Crippen LogP contribution in [-0.2, 0) is 20.8 Å². The average Bonchev–Trinajstić information content (AvgIpc) is 3.78. The molecule has 39 heavy (non-hydrogen) atoms. The third-order valence-electron chi connectivity index (χ3n) is 7.03. The molecule has 0 amide bonds. The van der Waals surface area contributed by atoms with E-state index in [0.717, 1.165) is 0 Å². The molecule has 0 saturated heterocycles. The maximum Gasteiger partial charge on any atom is 0.0519 e. The van der Waals surface area contributed by atoms with E-state index < -0.39 is 20.8 Å². The van der Waals surface area contributed by atoms with Gasteiger partial charge in [0.2, 0.25) is 0 Å². The van der Waals surface area contributed by atoms with E-state index in [2.05, 4.69) is 155 Å². The second kappa shape index (κ2) is 11.8. The Morgan fingerprint density at radius 2 is 0.923 bits per heavy atom. The standard InChI is InChI=1S/2C17H12N.2ClH.Zr/c2*1-2-9-16-14(5-1)11-12-18(16)17-10-4-7-13-6-3-8-15(13)17;;;/h2*1-12H;2*1H;/q2*-1;;;+4/p-2. The zero-order chi connectivity index (χ0) is 26.6. The summed E-state index contributed by atoms with van der Waals surface area (Å²) >= 11 is -0.826. The number of benzene rings is 4. The molecule has 0 N–H and O–H groups in total. The molecular formula is C34H24Cl2N2Zr. The van der Waals surface area contributed by atoms with E-state index in [1.54, 1.807) is 0 Å². The summed E-state index contributed by atoms with van der Waals surface area (Å²) in [6.45, 7) is 0. The Bertz CT molecular complexity index is 1840. The van der Waals surface area contributed by atoms with Crippen LogP contribution in [0.3, 0.4) is 0 Å². The van der Waals surface area contributed by atoms with E-state index in [1.165, 1.54) is 54.7 Å². The first-order valence-corrected chi connectivity index (χ1v) is 19.0. The first kappa shape index (κ1) is 25.9. The minimum atomic E-state index is -0.826. The number of rotatable bonds is 2. The smallest absolute Gasteiger partial charge is 0.0519 e. The van der Waals surface area contributed by atoms with Crippen molar-refractivity contribution >= 4 is 60.4 Å². The van der Waals surface area contributed by atoms with Crippen LogP contribution >= 0.6 is 17.0 Å². The van der Waals surface area contributed by atoms with Crippen molar-refractivity contribution in [3.05, 3.63) is 146 Å². The summed E-state index contributed by atoms with van der Waals surface area (Å²) in [5.74, 6) is 0. The third-order valence-corrected chi connectivity index (χ3v) is 7.03. The van der Waals surface area contributed by atoms with Crippen molar-refractivity contribution < 1.29 is 20.8 Å². The molecule has 6 aromatic carbocycles. The quantitative estimate of drug-likeness (QED) is 0.170. The average molecular weight is 623 g/mol. The van der Waals surface area contributed by atoms with Crippen LogP contribution in [0.4, 0.5) is 0 Å². The molecule has 0 bridgehead atoms. The predicted octanol–water partition coefficient (Wildman–Crippen LogP) is 10.4. The van der Waals surface area contributed by atoms with Crippen LogP contribution in [0.5, 0.6) is 0 Å². The number of halogens is 2. The molecule has 0 aliphatic heterocycles. The molecule has 0 aliphatic rings. The first-order valence-electron chi connectivity index (χ1n) is 12.7. The zero-order valence-electron chi connectivity index (χ0n) is 21.0. The van der Waals surface area contributed by atoms with Gasteiger partial charge in [-0.15, -0.1) is 57.9 Å². The molecule has 5 heteroatoms. The number of para-hydroxylation sites is 2. The van der Waals surface area contributed by atoms with E-state index in [-0.39, 0.29) is 0 Å². The van der Waals surface area contributed by atoms with Crippen molar-refractivity contribution in [1.29, 1.82) is 0 Å². The van der Waals surface area contributed by atoms with Crippen LogP contribution in [0.2, 0.25) is 0 Å². The Kier molecular flexibility index (Phi) is 7.84. The van der Waals surface area contributed by atoms with Gasteiger partial charge in [0.15, 0.2) is 0 Å². The SMILES string of the molecule is [Cl][Zr+2][Cl].c1ccc2c(c1)ccn2-c1cccc2[cH-]ccc12.c1ccc2c(c1)ccn2-c1cccc2[cH-]ccc12. The van der Waals surface area contributed by atoms with Gasteiger partial charge in [0.25, 0.3) is 0 Å². The fourth-order valence-corrected chi connectivity index (χ4v) is 5.30. The van der Waals surface area contributed by atoms with Crippen LogP contribution in [0.1, 0.15) is 0 Å². The largest absolute Gasteiger partial charge is 0.325 e. The van der Waals surface area contributed by atoms with Crippen LogP contribution in [-0.4, -0.2) is 9.13 Å². The molecule has 0 unspecified atom stereocenters. The van der Waals surface area contributed by atoms with E-state index in [4.69, 9.17) is 17.0 Å². The minimum Gasteiger partial charge on any atom is -0.325 e. The summed E-state index contributed by atoms with van der Waals surface area (Å²) in [6.07, 6.45) is 4.29. The number of aromatic nitrogens is 2. The van der Waals surface area contributed by atoms with Crippen molar-refractivity contribution in [2.24, 2.45) is 0 Å². The van der Waals surface area contributed by atoms with E-state index in [0.29, 0.717) is 0 Å². The van der Waals surface area contributed by atoms with Crippen molar-refractivity contribution in [3.8, 4) is 11.4 Å². The Morgan fingerprint density at radius 3 is 1.38 bits per heavy atom.